The lowest BCUT2D eigenvalue weighted by atomic mass is 10.1. The Balaban J connectivity index is 1.95. The summed E-state index contributed by atoms with van der Waals surface area (Å²) in [7, 11) is 1.56. The molecule has 0 unspecified atom stereocenters. The van der Waals surface area contributed by atoms with Crippen LogP contribution >= 0.6 is 11.6 Å². The van der Waals surface area contributed by atoms with E-state index in [1.807, 2.05) is 0 Å². The second-order valence-electron chi connectivity index (χ2n) is 5.09. The summed E-state index contributed by atoms with van der Waals surface area (Å²) in [5, 5.41) is 5.92. The molecule has 7 heteroatoms. The number of halogens is 1. The first-order valence-electron chi connectivity index (χ1n) is 7.64. The van der Waals surface area contributed by atoms with E-state index in [2.05, 4.69) is 10.6 Å². The molecule has 0 aliphatic heterocycles. The zero-order valence-corrected chi connectivity index (χ0v) is 14.5. The maximum atomic E-state index is 12.2. The molecule has 0 bridgehead atoms. The molecule has 2 rings (SSSR count). The molecule has 0 radical (unpaired) electrons. The minimum atomic E-state index is -0.378. The molecule has 2 aromatic carbocycles. The third-order valence-corrected chi connectivity index (χ3v) is 3.44. The third kappa shape index (κ3) is 6.10. The van der Waals surface area contributed by atoms with E-state index in [1.165, 1.54) is 0 Å². The zero-order chi connectivity index (χ0) is 18.1. The van der Waals surface area contributed by atoms with Crippen LogP contribution in [-0.2, 0) is 9.53 Å². The summed E-state index contributed by atoms with van der Waals surface area (Å²) in [5.41, 5.74) is 0.784. The fourth-order valence-electron chi connectivity index (χ4n) is 2.04. The minimum absolute atomic E-state index is 0.194. The molecule has 0 saturated heterocycles. The molecule has 0 aliphatic rings. The minimum Gasteiger partial charge on any atom is -0.484 e. The third-order valence-electron chi connectivity index (χ3n) is 3.20. The van der Waals surface area contributed by atoms with Crippen LogP contribution in [0.4, 0.5) is 5.69 Å². The van der Waals surface area contributed by atoms with Crippen LogP contribution in [0.2, 0.25) is 5.02 Å². The summed E-state index contributed by atoms with van der Waals surface area (Å²) >= 11 is 5.86. The van der Waals surface area contributed by atoms with Crippen LogP contribution in [0.3, 0.4) is 0 Å². The first-order valence-corrected chi connectivity index (χ1v) is 8.02. The number of ether oxygens (including phenoxy) is 2. The van der Waals surface area contributed by atoms with Crippen LogP contribution in [0.1, 0.15) is 10.4 Å². The van der Waals surface area contributed by atoms with Crippen molar-refractivity contribution in [3.8, 4) is 5.75 Å². The number of hydrogen-bond donors (Lipinski definition) is 2. The molecule has 0 heterocycles. The molecule has 0 aromatic heterocycles. The molecule has 0 atom stereocenters. The lowest BCUT2D eigenvalue weighted by molar-refractivity contribution is -0.118. The van der Waals surface area contributed by atoms with Gasteiger partial charge in [-0.2, -0.15) is 0 Å². The van der Waals surface area contributed by atoms with Crippen molar-refractivity contribution in [2.24, 2.45) is 0 Å². The van der Waals surface area contributed by atoms with Crippen LogP contribution in [0.15, 0.2) is 48.5 Å². The van der Waals surface area contributed by atoms with Gasteiger partial charge in [0.05, 0.1) is 17.9 Å². The topological polar surface area (TPSA) is 76.7 Å². The van der Waals surface area contributed by atoms with Crippen molar-refractivity contribution < 1.29 is 19.1 Å². The lowest BCUT2D eigenvalue weighted by Crippen LogP contribution is -2.28. The summed E-state index contributed by atoms with van der Waals surface area (Å²) in [6.07, 6.45) is 0. The summed E-state index contributed by atoms with van der Waals surface area (Å²) in [5.74, 6) is -0.172. The van der Waals surface area contributed by atoms with E-state index in [0.717, 1.165) is 0 Å². The smallest absolute Gasteiger partial charge is 0.262 e. The van der Waals surface area contributed by atoms with Crippen molar-refractivity contribution in [1.29, 1.82) is 0 Å². The number of para-hydroxylation sites is 1. The number of hydrogen-bond acceptors (Lipinski definition) is 4. The Labute approximate surface area is 151 Å². The molecule has 132 valence electrons. The van der Waals surface area contributed by atoms with Gasteiger partial charge in [-0.15, -0.1) is 0 Å². The Hall–Kier alpha value is -2.57. The van der Waals surface area contributed by atoms with Crippen molar-refractivity contribution in [3.63, 3.8) is 0 Å². The Morgan fingerprint density at radius 1 is 1.12 bits per heavy atom. The fourth-order valence-corrected chi connectivity index (χ4v) is 2.22. The standard InChI is InChI=1S/C18H19ClN2O4/c1-24-10-9-20-18(23)15-7-2-3-8-16(15)21-17(22)12-25-14-6-4-5-13(19)11-14/h2-8,11H,9-10,12H2,1H3,(H,20,23)(H,21,22). The largest absolute Gasteiger partial charge is 0.484 e. The number of rotatable bonds is 8. The number of amides is 2. The van der Waals surface area contributed by atoms with Gasteiger partial charge >= 0.3 is 0 Å². The highest BCUT2D eigenvalue weighted by atomic mass is 35.5. The van der Waals surface area contributed by atoms with Crippen LogP contribution < -0.4 is 15.4 Å². The van der Waals surface area contributed by atoms with Crippen LogP contribution in [0.5, 0.6) is 5.75 Å². The van der Waals surface area contributed by atoms with Gasteiger partial charge in [0.25, 0.3) is 11.8 Å². The van der Waals surface area contributed by atoms with E-state index in [0.29, 0.717) is 35.2 Å². The van der Waals surface area contributed by atoms with E-state index in [4.69, 9.17) is 21.1 Å². The molecule has 2 aromatic rings. The Morgan fingerprint density at radius 3 is 2.68 bits per heavy atom. The normalized spacial score (nSPS) is 10.2. The summed E-state index contributed by atoms with van der Waals surface area (Å²) in [6.45, 7) is 0.600. The molecular formula is C18H19ClN2O4. The summed E-state index contributed by atoms with van der Waals surface area (Å²) < 4.78 is 10.3. The van der Waals surface area contributed by atoms with Crippen molar-refractivity contribution in [2.75, 3.05) is 32.2 Å². The zero-order valence-electron chi connectivity index (χ0n) is 13.8. The van der Waals surface area contributed by atoms with E-state index in [9.17, 15) is 9.59 Å². The molecule has 2 amide bonds. The first-order chi connectivity index (χ1) is 12.1. The number of benzene rings is 2. The van der Waals surface area contributed by atoms with Crippen molar-refractivity contribution in [3.05, 3.63) is 59.1 Å². The number of carbonyl (C=O) groups excluding carboxylic acids is 2. The molecule has 0 aliphatic carbocycles. The highest BCUT2D eigenvalue weighted by molar-refractivity contribution is 6.30. The quantitative estimate of drug-likeness (QED) is 0.708. The SMILES string of the molecule is COCCNC(=O)c1ccccc1NC(=O)COc1cccc(Cl)c1. The van der Waals surface area contributed by atoms with Crippen molar-refractivity contribution >= 4 is 29.1 Å². The Morgan fingerprint density at radius 2 is 1.92 bits per heavy atom. The van der Waals surface area contributed by atoms with Crippen molar-refractivity contribution in [1.82, 2.24) is 5.32 Å². The number of nitrogens with one attached hydrogen (secondary N) is 2. The summed E-state index contributed by atoms with van der Waals surface area (Å²) in [4.78, 5) is 24.3. The van der Waals surface area contributed by atoms with Gasteiger partial charge < -0.3 is 20.1 Å². The number of carbonyl (C=O) groups is 2. The van der Waals surface area contributed by atoms with Gasteiger partial charge in [-0.25, -0.2) is 0 Å². The van der Waals surface area contributed by atoms with Gasteiger partial charge in [0.15, 0.2) is 6.61 Å². The predicted molar refractivity (Wildman–Crippen MR) is 96.2 cm³/mol. The second kappa shape index (κ2) is 9.66. The Kier molecular flexibility index (Phi) is 7.25. The van der Waals surface area contributed by atoms with Gasteiger partial charge in [-0.05, 0) is 30.3 Å². The predicted octanol–water partition coefficient (Wildman–Crippen LogP) is 2.73. The van der Waals surface area contributed by atoms with E-state index >= 15 is 0 Å². The van der Waals surface area contributed by atoms with Crippen LogP contribution in [0.25, 0.3) is 0 Å². The van der Waals surface area contributed by atoms with Crippen LogP contribution in [-0.4, -0.2) is 38.7 Å². The molecule has 25 heavy (non-hydrogen) atoms. The second-order valence-corrected chi connectivity index (χ2v) is 5.52. The lowest BCUT2D eigenvalue weighted by Gasteiger charge is -2.12. The van der Waals surface area contributed by atoms with E-state index in [-0.39, 0.29) is 18.4 Å². The maximum absolute atomic E-state index is 12.2. The molecule has 0 saturated carbocycles. The molecule has 2 N–H and O–H groups in total. The highest BCUT2D eigenvalue weighted by Crippen LogP contribution is 2.18. The molecule has 0 spiro atoms. The molecule has 0 fully saturated rings. The van der Waals surface area contributed by atoms with Gasteiger partial charge in [-0.3, -0.25) is 9.59 Å². The highest BCUT2D eigenvalue weighted by Gasteiger charge is 2.13. The van der Waals surface area contributed by atoms with Crippen molar-refractivity contribution in [2.45, 2.75) is 0 Å². The molecular weight excluding hydrogens is 344 g/mol. The average Bonchev–Trinajstić information content (AvgIpc) is 2.61. The van der Waals surface area contributed by atoms with Gasteiger partial charge in [0.1, 0.15) is 5.75 Å². The fraction of sp³-hybridized carbons (Fsp3) is 0.222. The number of anilines is 1. The Bertz CT molecular complexity index is 737. The van der Waals surface area contributed by atoms with Crippen LogP contribution in [0, 0.1) is 0 Å². The van der Waals surface area contributed by atoms with Gasteiger partial charge in [0.2, 0.25) is 0 Å². The maximum Gasteiger partial charge on any atom is 0.262 e. The average molecular weight is 363 g/mol. The molecule has 6 nitrogen and oxygen atoms in total. The van der Waals surface area contributed by atoms with Gasteiger partial charge in [0, 0.05) is 18.7 Å². The monoisotopic (exact) mass is 362 g/mol. The number of methoxy groups -OCH3 is 1. The van der Waals surface area contributed by atoms with Gasteiger partial charge in [-0.1, -0.05) is 29.8 Å². The first kappa shape index (κ1) is 18.8. The van der Waals surface area contributed by atoms with E-state index in [1.54, 1.807) is 55.6 Å². The summed E-state index contributed by atoms with van der Waals surface area (Å²) in [6, 6.07) is 13.5. The van der Waals surface area contributed by atoms with E-state index < -0.39 is 0 Å².